The number of hydrogen-bond acceptors (Lipinski definition) is 0. The smallest absolute Gasteiger partial charge is 0.0768 e. The van der Waals surface area contributed by atoms with Gasteiger partial charge in [0, 0.05) is 0 Å². The van der Waals surface area contributed by atoms with E-state index in [2.05, 4.69) is 20.9 Å². The van der Waals surface area contributed by atoms with Gasteiger partial charge >= 0.3 is 0 Å². The number of unbranched alkanes of at least 4 members (excludes halogenated alkanes) is 10. The third kappa shape index (κ3) is 14.0. The van der Waals surface area contributed by atoms with E-state index in [-0.39, 0.29) is 0 Å². The molecule has 0 aromatic carbocycles. The molecule has 0 aromatic heterocycles. The van der Waals surface area contributed by atoms with Crippen molar-refractivity contribution in [3.05, 3.63) is 0 Å². The van der Waals surface area contributed by atoms with Crippen LogP contribution in [-0.4, -0.2) is 20.1 Å². The second-order valence-electron chi connectivity index (χ2n) is 5.99. The van der Waals surface area contributed by atoms with Gasteiger partial charge in [-0.15, -0.1) is 0 Å². The van der Waals surface area contributed by atoms with Crippen LogP contribution in [0.1, 0.15) is 90.9 Å². The van der Waals surface area contributed by atoms with E-state index in [0.29, 0.717) is 0 Å². The van der Waals surface area contributed by atoms with E-state index >= 15 is 0 Å². The van der Waals surface area contributed by atoms with E-state index in [9.17, 15) is 0 Å². The molecule has 1 nitrogen and oxygen atoms in total. The molecule has 110 valence electrons. The Labute approximate surface area is 116 Å². The average Bonchev–Trinajstić information content (AvgIpc) is 2.38. The lowest BCUT2D eigenvalue weighted by Gasteiger charge is -2.13. The maximum Gasteiger partial charge on any atom is 0.0768 e. The van der Waals surface area contributed by atoms with E-state index < -0.39 is 0 Å². The maximum absolute atomic E-state index is 2.37. The molecule has 0 saturated carbocycles. The Kier molecular flexibility index (Phi) is 15.0. The molecule has 0 fully saturated rings. The normalized spacial score (nSPS) is 11.3. The highest BCUT2D eigenvalue weighted by Gasteiger charge is 2.01. The zero-order chi connectivity index (χ0) is 13.5. The van der Waals surface area contributed by atoms with Crippen molar-refractivity contribution in [1.29, 1.82) is 0 Å². The molecule has 0 rings (SSSR count). The molecular weight excluding hydrogens is 218 g/mol. The van der Waals surface area contributed by atoms with Crippen LogP contribution in [0.2, 0.25) is 0 Å². The van der Waals surface area contributed by atoms with Crippen LogP contribution in [-0.2, 0) is 0 Å². The lowest BCUT2D eigenvalue weighted by molar-refractivity contribution is -0.880. The molecule has 0 atom stereocenters. The van der Waals surface area contributed by atoms with Crippen molar-refractivity contribution < 1.29 is 4.90 Å². The first kappa shape index (κ1) is 18.0. The predicted octanol–water partition coefficient (Wildman–Crippen LogP) is 4.22. The summed E-state index contributed by atoms with van der Waals surface area (Å²) >= 11 is 0. The molecule has 0 amide bonds. The third-order valence-electron chi connectivity index (χ3n) is 3.91. The Morgan fingerprint density at radius 1 is 0.500 bits per heavy atom. The van der Waals surface area contributed by atoms with E-state index in [1.165, 1.54) is 90.1 Å². The molecule has 0 unspecified atom stereocenters. The lowest BCUT2D eigenvalue weighted by atomic mass is 10.1. The first-order valence-corrected chi connectivity index (χ1v) is 8.62. The van der Waals surface area contributed by atoms with Crippen LogP contribution < -0.4 is 4.90 Å². The van der Waals surface area contributed by atoms with Crippen LogP contribution in [0.5, 0.6) is 0 Å². The van der Waals surface area contributed by atoms with Gasteiger partial charge in [-0.3, -0.25) is 0 Å². The summed E-state index contributed by atoms with van der Waals surface area (Å²) in [5, 5.41) is 0. The van der Waals surface area contributed by atoms with Gasteiger partial charge < -0.3 is 4.90 Å². The van der Waals surface area contributed by atoms with Crippen molar-refractivity contribution in [2.24, 2.45) is 0 Å². The molecular formula is C17H38N+. The summed E-state index contributed by atoms with van der Waals surface area (Å²) in [4.78, 5) is 1.75. The average molecular weight is 256 g/mol. The van der Waals surface area contributed by atoms with Gasteiger partial charge in [0.15, 0.2) is 0 Å². The molecule has 0 saturated heterocycles. The molecule has 1 heteroatoms. The summed E-state index contributed by atoms with van der Waals surface area (Å²) in [6, 6.07) is 0. The summed E-state index contributed by atoms with van der Waals surface area (Å²) < 4.78 is 0. The van der Waals surface area contributed by atoms with E-state index in [4.69, 9.17) is 0 Å². The van der Waals surface area contributed by atoms with E-state index in [1.54, 1.807) is 4.90 Å². The lowest BCUT2D eigenvalue weighted by Crippen LogP contribution is -3.09. The van der Waals surface area contributed by atoms with Gasteiger partial charge in [-0.2, -0.15) is 0 Å². The van der Waals surface area contributed by atoms with Crippen LogP contribution in [0.4, 0.5) is 0 Å². The molecule has 0 spiro atoms. The van der Waals surface area contributed by atoms with Gasteiger partial charge in [0.25, 0.3) is 0 Å². The minimum absolute atomic E-state index is 1.36. The van der Waals surface area contributed by atoms with Gasteiger partial charge in [-0.1, -0.05) is 65.2 Å². The summed E-state index contributed by atoms with van der Waals surface area (Å²) in [5.74, 6) is 0. The highest BCUT2D eigenvalue weighted by molar-refractivity contribution is 4.44. The highest BCUT2D eigenvalue weighted by atomic mass is 15.1. The van der Waals surface area contributed by atoms with Crippen molar-refractivity contribution in [2.45, 2.75) is 90.9 Å². The van der Waals surface area contributed by atoms with E-state index in [1.807, 2.05) is 0 Å². The fourth-order valence-electron chi connectivity index (χ4n) is 2.54. The molecule has 0 aliphatic rings. The number of nitrogens with one attached hydrogen (secondary N) is 1. The van der Waals surface area contributed by atoms with Crippen molar-refractivity contribution >= 4 is 0 Å². The number of hydrogen-bond donors (Lipinski definition) is 1. The first-order valence-electron chi connectivity index (χ1n) is 8.62. The molecule has 18 heavy (non-hydrogen) atoms. The standard InChI is InChI=1S/C17H37N/c1-4-6-8-10-12-14-16-18(3)17-15-13-11-9-7-5-2/h4-17H2,1-3H3/p+1. The van der Waals surface area contributed by atoms with Crippen LogP contribution in [0.3, 0.4) is 0 Å². The minimum atomic E-state index is 1.36. The fraction of sp³-hybridized carbons (Fsp3) is 1.00. The van der Waals surface area contributed by atoms with Crippen LogP contribution in [0.25, 0.3) is 0 Å². The maximum atomic E-state index is 2.37. The summed E-state index contributed by atoms with van der Waals surface area (Å²) in [5.41, 5.74) is 0. The number of quaternary nitrogens is 1. The van der Waals surface area contributed by atoms with Crippen LogP contribution in [0.15, 0.2) is 0 Å². The summed E-state index contributed by atoms with van der Waals surface area (Å²) in [6.45, 7) is 7.36. The van der Waals surface area contributed by atoms with Crippen molar-refractivity contribution in [2.75, 3.05) is 20.1 Å². The highest BCUT2D eigenvalue weighted by Crippen LogP contribution is 2.04. The Morgan fingerprint density at radius 2 is 0.833 bits per heavy atom. The third-order valence-corrected chi connectivity index (χ3v) is 3.91. The second-order valence-corrected chi connectivity index (χ2v) is 5.99. The molecule has 0 aliphatic heterocycles. The quantitative estimate of drug-likeness (QED) is 0.444. The van der Waals surface area contributed by atoms with Crippen molar-refractivity contribution in [3.63, 3.8) is 0 Å². The molecule has 1 N–H and O–H groups in total. The SMILES string of the molecule is CCCCCCCC[NH+](C)CCCCCCCC. The van der Waals surface area contributed by atoms with Crippen LogP contribution >= 0.6 is 0 Å². The first-order chi connectivity index (χ1) is 8.81. The van der Waals surface area contributed by atoms with Gasteiger partial charge in [0.2, 0.25) is 0 Å². The summed E-state index contributed by atoms with van der Waals surface area (Å²) in [7, 11) is 2.37. The number of rotatable bonds is 14. The summed E-state index contributed by atoms with van der Waals surface area (Å²) in [6.07, 6.45) is 17.2. The zero-order valence-electron chi connectivity index (χ0n) is 13.4. The molecule has 0 heterocycles. The Balaban J connectivity index is 3.10. The molecule has 0 aromatic rings. The Bertz CT molecular complexity index is 129. The van der Waals surface area contributed by atoms with Crippen molar-refractivity contribution in [1.82, 2.24) is 0 Å². The van der Waals surface area contributed by atoms with Crippen molar-refractivity contribution in [3.8, 4) is 0 Å². The Morgan fingerprint density at radius 3 is 1.22 bits per heavy atom. The minimum Gasteiger partial charge on any atom is -0.337 e. The van der Waals surface area contributed by atoms with Crippen LogP contribution in [0, 0.1) is 0 Å². The Hall–Kier alpha value is -0.0400. The van der Waals surface area contributed by atoms with Gasteiger partial charge in [0.1, 0.15) is 0 Å². The zero-order valence-corrected chi connectivity index (χ0v) is 13.4. The molecule has 0 bridgehead atoms. The van der Waals surface area contributed by atoms with Gasteiger partial charge in [0.05, 0.1) is 20.1 Å². The second kappa shape index (κ2) is 15.0. The molecule has 0 aliphatic carbocycles. The van der Waals surface area contributed by atoms with Gasteiger partial charge in [-0.25, -0.2) is 0 Å². The topological polar surface area (TPSA) is 4.44 Å². The van der Waals surface area contributed by atoms with E-state index in [0.717, 1.165) is 0 Å². The largest absolute Gasteiger partial charge is 0.337 e. The fourth-order valence-corrected chi connectivity index (χ4v) is 2.54. The monoisotopic (exact) mass is 256 g/mol. The predicted molar refractivity (Wildman–Crippen MR) is 83.4 cm³/mol. The van der Waals surface area contributed by atoms with Gasteiger partial charge in [-0.05, 0) is 25.7 Å². The molecule has 0 radical (unpaired) electrons.